The van der Waals surface area contributed by atoms with Crippen LogP contribution < -0.4 is 5.32 Å². The van der Waals surface area contributed by atoms with Crippen LogP contribution in [-0.4, -0.2) is 33.6 Å². The number of fused-ring (bicyclic) bond motifs is 1. The van der Waals surface area contributed by atoms with Gasteiger partial charge in [-0.15, -0.1) is 0 Å². The van der Waals surface area contributed by atoms with Crippen molar-refractivity contribution in [3.05, 3.63) is 29.6 Å². The lowest BCUT2D eigenvalue weighted by molar-refractivity contribution is -0.121. The highest BCUT2D eigenvalue weighted by Crippen LogP contribution is 2.16. The predicted molar refractivity (Wildman–Crippen MR) is 78.5 cm³/mol. The van der Waals surface area contributed by atoms with Crippen LogP contribution in [-0.2, 0) is 11.2 Å². The fourth-order valence-corrected chi connectivity index (χ4v) is 2.19. The van der Waals surface area contributed by atoms with Crippen LogP contribution in [0.15, 0.2) is 18.2 Å². The van der Waals surface area contributed by atoms with Gasteiger partial charge in [0.25, 0.3) is 0 Å². The molecule has 1 amide bonds. The summed E-state index contributed by atoms with van der Waals surface area (Å²) in [6.07, 6.45) is 1.57. The van der Waals surface area contributed by atoms with Crippen molar-refractivity contribution < 1.29 is 9.90 Å². The zero-order chi connectivity index (χ0) is 14.5. The molecule has 0 bridgehead atoms. The first kappa shape index (κ1) is 14.5. The number of rotatable bonds is 6. The van der Waals surface area contributed by atoms with E-state index in [9.17, 15) is 4.79 Å². The van der Waals surface area contributed by atoms with Crippen molar-refractivity contribution in [2.24, 2.45) is 0 Å². The van der Waals surface area contributed by atoms with Crippen LogP contribution >= 0.6 is 0 Å². The highest BCUT2D eigenvalue weighted by Gasteiger charge is 2.09. The summed E-state index contributed by atoms with van der Waals surface area (Å²) in [6.45, 7) is 4.00. The maximum atomic E-state index is 11.7. The number of hydrogen-bond donors (Lipinski definition) is 3. The van der Waals surface area contributed by atoms with Crippen molar-refractivity contribution in [2.45, 2.75) is 39.2 Å². The Balaban J connectivity index is 1.92. The van der Waals surface area contributed by atoms with Crippen molar-refractivity contribution >= 4 is 16.9 Å². The molecule has 3 N–H and O–H groups in total. The largest absolute Gasteiger partial charge is 0.396 e. The van der Waals surface area contributed by atoms with E-state index in [1.807, 2.05) is 32.0 Å². The third-order valence-corrected chi connectivity index (χ3v) is 3.32. The second-order valence-electron chi connectivity index (χ2n) is 5.14. The number of aryl methyl sites for hydroxylation is 2. The van der Waals surface area contributed by atoms with E-state index in [2.05, 4.69) is 15.3 Å². The number of aromatic amines is 1. The molecular weight excluding hydrogens is 254 g/mol. The topological polar surface area (TPSA) is 78.0 Å². The number of aliphatic hydroxyl groups excluding tert-OH is 1. The molecular formula is C15H21N3O2. The number of aromatic nitrogens is 2. The summed E-state index contributed by atoms with van der Waals surface area (Å²) in [7, 11) is 0. The Hall–Kier alpha value is -1.88. The molecule has 5 nitrogen and oxygen atoms in total. The summed E-state index contributed by atoms with van der Waals surface area (Å²) < 4.78 is 0. The van der Waals surface area contributed by atoms with Crippen LogP contribution in [0.3, 0.4) is 0 Å². The number of H-pyrrole nitrogens is 1. The lowest BCUT2D eigenvalue weighted by Crippen LogP contribution is -2.33. The summed E-state index contributed by atoms with van der Waals surface area (Å²) in [5.74, 6) is 0.822. The molecule has 0 saturated carbocycles. The number of carbonyl (C=O) groups excluding carboxylic acids is 1. The van der Waals surface area contributed by atoms with Gasteiger partial charge in [-0.3, -0.25) is 4.79 Å². The molecule has 2 aromatic rings. The van der Waals surface area contributed by atoms with Crippen LogP contribution in [0.1, 0.15) is 31.2 Å². The number of amides is 1. The predicted octanol–water partition coefficient (Wildman–Crippen LogP) is 1.69. The van der Waals surface area contributed by atoms with Crippen LogP contribution in [0.25, 0.3) is 11.0 Å². The van der Waals surface area contributed by atoms with E-state index in [1.54, 1.807) is 0 Å². The summed E-state index contributed by atoms with van der Waals surface area (Å²) in [5, 5.41) is 11.7. The van der Waals surface area contributed by atoms with E-state index >= 15 is 0 Å². The molecule has 1 aromatic heterocycles. The zero-order valence-corrected chi connectivity index (χ0v) is 11.9. The van der Waals surface area contributed by atoms with Gasteiger partial charge in [0.15, 0.2) is 0 Å². The lowest BCUT2D eigenvalue weighted by Gasteiger charge is -2.11. The third-order valence-electron chi connectivity index (χ3n) is 3.32. The average Bonchev–Trinajstić information content (AvgIpc) is 2.81. The van der Waals surface area contributed by atoms with Gasteiger partial charge in [0, 0.05) is 25.5 Å². The molecule has 0 unspecified atom stereocenters. The molecule has 0 spiro atoms. The Morgan fingerprint density at radius 2 is 2.30 bits per heavy atom. The van der Waals surface area contributed by atoms with Crippen LogP contribution in [0.4, 0.5) is 0 Å². The minimum absolute atomic E-state index is 0.00502. The summed E-state index contributed by atoms with van der Waals surface area (Å²) in [5.41, 5.74) is 3.11. The zero-order valence-electron chi connectivity index (χ0n) is 11.9. The maximum absolute atomic E-state index is 11.7. The third kappa shape index (κ3) is 3.57. The molecule has 1 heterocycles. The number of para-hydroxylation sites is 1. The van der Waals surface area contributed by atoms with Gasteiger partial charge in [0.1, 0.15) is 5.82 Å². The molecule has 5 heteroatoms. The fourth-order valence-electron chi connectivity index (χ4n) is 2.19. The van der Waals surface area contributed by atoms with Crippen molar-refractivity contribution in [2.75, 3.05) is 6.61 Å². The van der Waals surface area contributed by atoms with Crippen molar-refractivity contribution in [3.63, 3.8) is 0 Å². The highest BCUT2D eigenvalue weighted by molar-refractivity contribution is 5.79. The van der Waals surface area contributed by atoms with Gasteiger partial charge in [-0.05, 0) is 31.9 Å². The van der Waals surface area contributed by atoms with E-state index in [0.29, 0.717) is 19.3 Å². The quantitative estimate of drug-likeness (QED) is 0.750. The molecule has 2 rings (SSSR count). The second-order valence-corrected chi connectivity index (χ2v) is 5.14. The number of nitrogens with zero attached hydrogens (tertiary/aromatic N) is 1. The van der Waals surface area contributed by atoms with Gasteiger partial charge in [0.05, 0.1) is 11.0 Å². The summed E-state index contributed by atoms with van der Waals surface area (Å²) >= 11 is 0. The molecule has 1 atom stereocenters. The first-order valence-electron chi connectivity index (χ1n) is 6.94. The van der Waals surface area contributed by atoms with Gasteiger partial charge in [0.2, 0.25) is 5.91 Å². The van der Waals surface area contributed by atoms with E-state index < -0.39 is 0 Å². The molecule has 0 fully saturated rings. The molecule has 108 valence electrons. The molecule has 1 aromatic carbocycles. The number of imidazole rings is 1. The fraction of sp³-hybridized carbons (Fsp3) is 0.467. The maximum Gasteiger partial charge on any atom is 0.220 e. The molecule has 20 heavy (non-hydrogen) atoms. The van der Waals surface area contributed by atoms with Gasteiger partial charge in [-0.2, -0.15) is 0 Å². The van der Waals surface area contributed by atoms with E-state index in [0.717, 1.165) is 22.4 Å². The van der Waals surface area contributed by atoms with Gasteiger partial charge in [-0.1, -0.05) is 12.1 Å². The van der Waals surface area contributed by atoms with E-state index in [1.165, 1.54) is 0 Å². The minimum Gasteiger partial charge on any atom is -0.396 e. The molecule has 0 radical (unpaired) electrons. The van der Waals surface area contributed by atoms with Gasteiger partial charge in [-0.25, -0.2) is 4.98 Å². The highest BCUT2D eigenvalue weighted by atomic mass is 16.3. The number of hydrogen-bond acceptors (Lipinski definition) is 3. The molecule has 0 aliphatic carbocycles. The molecule has 0 aliphatic heterocycles. The Kier molecular flexibility index (Phi) is 4.74. The number of aliphatic hydroxyl groups is 1. The van der Waals surface area contributed by atoms with Crippen molar-refractivity contribution in [1.29, 1.82) is 0 Å². The Morgan fingerprint density at radius 3 is 3.00 bits per heavy atom. The van der Waals surface area contributed by atoms with Crippen LogP contribution in [0.5, 0.6) is 0 Å². The normalized spacial score (nSPS) is 12.6. The van der Waals surface area contributed by atoms with E-state index in [4.69, 9.17) is 5.11 Å². The first-order valence-corrected chi connectivity index (χ1v) is 6.94. The SMILES string of the molecule is Cc1cccc2[nH]c(CCC(=O)N[C@H](C)CCO)nc12. The standard InChI is InChI=1S/C15H21N3O2/c1-10-4-3-5-12-15(10)18-13(17-12)6-7-14(20)16-11(2)8-9-19/h3-5,11,19H,6-9H2,1-2H3,(H,16,20)(H,17,18)/t11-/m1/s1. The lowest BCUT2D eigenvalue weighted by atomic mass is 10.2. The Morgan fingerprint density at radius 1 is 1.50 bits per heavy atom. The second kappa shape index (κ2) is 6.52. The van der Waals surface area contributed by atoms with Crippen LogP contribution in [0, 0.1) is 6.92 Å². The number of benzene rings is 1. The minimum atomic E-state index is -0.0110. The van der Waals surface area contributed by atoms with Gasteiger partial charge >= 0.3 is 0 Å². The first-order chi connectivity index (χ1) is 9.60. The Bertz CT molecular complexity index is 592. The van der Waals surface area contributed by atoms with Gasteiger partial charge < -0.3 is 15.4 Å². The number of carbonyl (C=O) groups is 1. The smallest absolute Gasteiger partial charge is 0.220 e. The molecule has 0 saturated heterocycles. The average molecular weight is 275 g/mol. The summed E-state index contributed by atoms with van der Waals surface area (Å²) in [4.78, 5) is 19.5. The van der Waals surface area contributed by atoms with E-state index in [-0.39, 0.29) is 18.6 Å². The van der Waals surface area contributed by atoms with Crippen molar-refractivity contribution in [1.82, 2.24) is 15.3 Å². The monoisotopic (exact) mass is 275 g/mol. The summed E-state index contributed by atoms with van der Waals surface area (Å²) in [6, 6.07) is 6.01. The Labute approximate surface area is 118 Å². The van der Waals surface area contributed by atoms with Crippen molar-refractivity contribution in [3.8, 4) is 0 Å². The van der Waals surface area contributed by atoms with Crippen LogP contribution in [0.2, 0.25) is 0 Å². The molecule has 0 aliphatic rings. The number of nitrogens with one attached hydrogen (secondary N) is 2.